The highest BCUT2D eigenvalue weighted by Gasteiger charge is 2.18. The second-order valence-electron chi connectivity index (χ2n) is 3.85. The predicted molar refractivity (Wildman–Crippen MR) is 66.1 cm³/mol. The van der Waals surface area contributed by atoms with Crippen LogP contribution < -0.4 is 10.9 Å². The molecule has 1 unspecified atom stereocenters. The number of nitrogens with two attached hydrogens (primary N) is 2. The summed E-state index contributed by atoms with van der Waals surface area (Å²) in [5, 5.41) is 5.03. The number of benzene rings is 1. The third-order valence-corrected chi connectivity index (χ3v) is 3.44. The Kier molecular flexibility index (Phi) is 4.83. The number of carbonyl (C=O) groups excluding carboxylic acids is 1. The average molecular weight is 272 g/mol. The highest BCUT2D eigenvalue weighted by Crippen LogP contribution is 2.14. The maximum atomic E-state index is 11.4. The summed E-state index contributed by atoms with van der Waals surface area (Å²) in [7, 11) is -2.46. The van der Waals surface area contributed by atoms with Gasteiger partial charge in [-0.15, -0.1) is 0 Å². The summed E-state index contributed by atoms with van der Waals surface area (Å²) < 4.78 is 27.0. The van der Waals surface area contributed by atoms with E-state index in [4.69, 9.17) is 10.9 Å². The fourth-order valence-electron chi connectivity index (χ4n) is 1.56. The minimum Gasteiger partial charge on any atom is -0.469 e. The van der Waals surface area contributed by atoms with Crippen molar-refractivity contribution in [2.24, 2.45) is 16.8 Å². The molecule has 0 aromatic heterocycles. The number of sulfonamides is 1. The molecule has 0 saturated carbocycles. The zero-order valence-corrected chi connectivity index (χ0v) is 10.8. The van der Waals surface area contributed by atoms with Crippen LogP contribution >= 0.6 is 0 Å². The number of esters is 1. The maximum Gasteiger partial charge on any atom is 0.310 e. The van der Waals surface area contributed by atoms with Crippen molar-refractivity contribution in [1.29, 1.82) is 0 Å². The smallest absolute Gasteiger partial charge is 0.310 e. The van der Waals surface area contributed by atoms with Crippen molar-refractivity contribution < 1.29 is 17.9 Å². The second kappa shape index (κ2) is 5.94. The van der Waals surface area contributed by atoms with Crippen LogP contribution in [0.2, 0.25) is 0 Å². The van der Waals surface area contributed by atoms with E-state index in [2.05, 4.69) is 4.74 Å². The lowest BCUT2D eigenvalue weighted by Crippen LogP contribution is -2.27. The minimum atomic E-state index is -3.74. The topological polar surface area (TPSA) is 112 Å². The van der Waals surface area contributed by atoms with Crippen LogP contribution in [0.1, 0.15) is 5.56 Å². The molecule has 7 heteroatoms. The standard InChI is InChI=1S/C11H16N2O4S/c1-17-11(14)9(7-12)5-8-3-2-4-10(6-8)18(13,15)16/h2-4,6,9H,5,7,12H2,1H3,(H2,13,15,16). The lowest BCUT2D eigenvalue weighted by atomic mass is 10.00. The fraction of sp³-hybridized carbons (Fsp3) is 0.364. The van der Waals surface area contributed by atoms with Gasteiger partial charge in [0.05, 0.1) is 17.9 Å². The van der Waals surface area contributed by atoms with Crippen LogP contribution in [0.15, 0.2) is 29.2 Å². The van der Waals surface area contributed by atoms with Gasteiger partial charge >= 0.3 is 5.97 Å². The summed E-state index contributed by atoms with van der Waals surface area (Å²) in [5.74, 6) is -0.913. The molecule has 6 nitrogen and oxygen atoms in total. The summed E-state index contributed by atoms with van der Waals surface area (Å²) in [6.45, 7) is 0.131. The Labute approximate surface area is 106 Å². The van der Waals surface area contributed by atoms with Crippen LogP contribution in [0.25, 0.3) is 0 Å². The third-order valence-electron chi connectivity index (χ3n) is 2.53. The largest absolute Gasteiger partial charge is 0.469 e. The molecular weight excluding hydrogens is 256 g/mol. The van der Waals surface area contributed by atoms with E-state index in [9.17, 15) is 13.2 Å². The van der Waals surface area contributed by atoms with Crippen molar-refractivity contribution in [3.05, 3.63) is 29.8 Å². The molecule has 0 aliphatic heterocycles. The van der Waals surface area contributed by atoms with Crippen molar-refractivity contribution in [3.63, 3.8) is 0 Å². The molecule has 0 fully saturated rings. The minimum absolute atomic E-state index is 0.0145. The summed E-state index contributed by atoms with van der Waals surface area (Å²) in [6, 6.07) is 6.11. The van der Waals surface area contributed by atoms with Crippen molar-refractivity contribution in [1.82, 2.24) is 0 Å². The van der Waals surface area contributed by atoms with Crippen LogP contribution in [0, 0.1) is 5.92 Å². The van der Waals surface area contributed by atoms with Crippen molar-refractivity contribution in [3.8, 4) is 0 Å². The van der Waals surface area contributed by atoms with Crippen molar-refractivity contribution >= 4 is 16.0 Å². The zero-order chi connectivity index (χ0) is 13.8. The molecule has 1 aromatic rings. The lowest BCUT2D eigenvalue weighted by molar-refractivity contribution is -0.145. The van der Waals surface area contributed by atoms with Crippen LogP contribution in [0.5, 0.6) is 0 Å². The number of primary sulfonamides is 1. The Morgan fingerprint density at radius 1 is 1.44 bits per heavy atom. The number of ether oxygens (including phenoxy) is 1. The summed E-state index contributed by atoms with van der Waals surface area (Å²) >= 11 is 0. The van der Waals surface area contributed by atoms with Gasteiger partial charge in [-0.1, -0.05) is 12.1 Å². The monoisotopic (exact) mass is 272 g/mol. The first-order chi connectivity index (χ1) is 8.38. The molecule has 0 heterocycles. The molecule has 0 spiro atoms. The average Bonchev–Trinajstić information content (AvgIpc) is 2.34. The Morgan fingerprint density at radius 2 is 2.11 bits per heavy atom. The molecule has 0 saturated heterocycles. The van der Waals surface area contributed by atoms with Gasteiger partial charge in [0, 0.05) is 6.54 Å². The van der Waals surface area contributed by atoms with Gasteiger partial charge in [-0.05, 0) is 24.1 Å². The van der Waals surface area contributed by atoms with Crippen molar-refractivity contribution in [2.75, 3.05) is 13.7 Å². The Bertz CT molecular complexity index is 528. The normalized spacial score (nSPS) is 13.1. The molecular formula is C11H16N2O4S. The Balaban J connectivity index is 2.94. The maximum absolute atomic E-state index is 11.4. The molecule has 0 aliphatic carbocycles. The molecule has 1 aromatic carbocycles. The summed E-state index contributed by atoms with van der Waals surface area (Å²) in [5.41, 5.74) is 6.15. The Morgan fingerprint density at radius 3 is 2.61 bits per heavy atom. The van der Waals surface area contributed by atoms with Gasteiger partial charge in [0.1, 0.15) is 0 Å². The number of hydrogen-bond acceptors (Lipinski definition) is 5. The van der Waals surface area contributed by atoms with E-state index in [1.54, 1.807) is 12.1 Å². The van der Waals surface area contributed by atoms with E-state index in [1.807, 2.05) is 0 Å². The van der Waals surface area contributed by atoms with E-state index >= 15 is 0 Å². The summed E-state index contributed by atoms with van der Waals surface area (Å²) in [6.07, 6.45) is 0.312. The second-order valence-corrected chi connectivity index (χ2v) is 5.41. The summed E-state index contributed by atoms with van der Waals surface area (Å²) in [4.78, 5) is 11.4. The molecule has 0 amide bonds. The zero-order valence-electron chi connectivity index (χ0n) is 10.00. The van der Waals surface area contributed by atoms with Crippen LogP contribution in [-0.4, -0.2) is 28.0 Å². The highest BCUT2D eigenvalue weighted by atomic mass is 32.2. The van der Waals surface area contributed by atoms with Gasteiger partial charge in [0.15, 0.2) is 0 Å². The molecule has 0 aliphatic rings. The van der Waals surface area contributed by atoms with E-state index in [0.29, 0.717) is 12.0 Å². The van der Waals surface area contributed by atoms with Gasteiger partial charge in [0.2, 0.25) is 10.0 Å². The van der Waals surface area contributed by atoms with E-state index in [1.165, 1.54) is 19.2 Å². The lowest BCUT2D eigenvalue weighted by Gasteiger charge is -2.12. The van der Waals surface area contributed by atoms with Gasteiger partial charge in [0.25, 0.3) is 0 Å². The first-order valence-corrected chi connectivity index (χ1v) is 6.82. The quantitative estimate of drug-likeness (QED) is 0.710. The number of carbonyl (C=O) groups is 1. The van der Waals surface area contributed by atoms with Crippen LogP contribution in [0.3, 0.4) is 0 Å². The molecule has 1 rings (SSSR count). The Hall–Kier alpha value is -1.44. The SMILES string of the molecule is COC(=O)C(CN)Cc1cccc(S(N)(=O)=O)c1. The number of rotatable bonds is 5. The predicted octanol–water partition coefficient (Wildman–Crippen LogP) is -0.376. The highest BCUT2D eigenvalue weighted by molar-refractivity contribution is 7.89. The molecule has 0 bridgehead atoms. The van der Waals surface area contributed by atoms with E-state index in [0.717, 1.165) is 0 Å². The van der Waals surface area contributed by atoms with Gasteiger partial charge in [-0.25, -0.2) is 13.6 Å². The third kappa shape index (κ3) is 3.80. The van der Waals surface area contributed by atoms with Gasteiger partial charge in [-0.2, -0.15) is 0 Å². The van der Waals surface area contributed by atoms with Crippen molar-refractivity contribution in [2.45, 2.75) is 11.3 Å². The molecule has 1 atom stereocenters. The van der Waals surface area contributed by atoms with E-state index in [-0.39, 0.29) is 11.4 Å². The van der Waals surface area contributed by atoms with Gasteiger partial charge < -0.3 is 10.5 Å². The fourth-order valence-corrected chi connectivity index (χ4v) is 2.15. The van der Waals surface area contributed by atoms with Gasteiger partial charge in [-0.3, -0.25) is 4.79 Å². The van der Waals surface area contributed by atoms with Crippen LogP contribution in [-0.2, 0) is 26.0 Å². The number of hydrogen-bond donors (Lipinski definition) is 2. The molecule has 18 heavy (non-hydrogen) atoms. The molecule has 100 valence electrons. The number of methoxy groups -OCH3 is 1. The first-order valence-electron chi connectivity index (χ1n) is 5.28. The van der Waals surface area contributed by atoms with Crippen LogP contribution in [0.4, 0.5) is 0 Å². The first kappa shape index (κ1) is 14.6. The molecule has 4 N–H and O–H groups in total. The van der Waals surface area contributed by atoms with E-state index < -0.39 is 21.9 Å². The molecule has 0 radical (unpaired) electrons.